The minimum Gasteiger partial charge on any atom is -0.396 e. The number of nitro groups is 1. The highest BCUT2D eigenvalue weighted by Crippen LogP contribution is 2.31. The maximum Gasteiger partial charge on any atom is 0.330 e. The van der Waals surface area contributed by atoms with Gasteiger partial charge in [0.25, 0.3) is 0 Å². The van der Waals surface area contributed by atoms with E-state index in [2.05, 4.69) is 5.10 Å². The van der Waals surface area contributed by atoms with Crippen molar-refractivity contribution in [2.45, 2.75) is 12.8 Å². The second-order valence-electron chi connectivity index (χ2n) is 4.38. The monoisotopic (exact) mass is 240 g/mol. The lowest BCUT2D eigenvalue weighted by atomic mass is 10.1. The summed E-state index contributed by atoms with van der Waals surface area (Å²) in [5.41, 5.74) is 0.0529. The van der Waals surface area contributed by atoms with E-state index in [9.17, 15) is 10.1 Å². The Bertz CT molecular complexity index is 418. The number of aliphatic hydroxyl groups is 1. The van der Waals surface area contributed by atoms with Crippen molar-refractivity contribution in [2.75, 3.05) is 24.6 Å². The summed E-state index contributed by atoms with van der Waals surface area (Å²) in [7, 11) is 1.68. The molecule has 0 amide bonds. The van der Waals surface area contributed by atoms with Crippen LogP contribution in [0.1, 0.15) is 12.8 Å². The van der Waals surface area contributed by atoms with E-state index in [1.807, 2.05) is 4.90 Å². The van der Waals surface area contributed by atoms with Crippen molar-refractivity contribution in [3.8, 4) is 0 Å². The Morgan fingerprint density at radius 3 is 3.12 bits per heavy atom. The first kappa shape index (κ1) is 11.8. The summed E-state index contributed by atoms with van der Waals surface area (Å²) in [6.45, 7) is 1.67. The molecular formula is C10H16N4O3. The lowest BCUT2D eigenvalue weighted by molar-refractivity contribution is -0.384. The van der Waals surface area contributed by atoms with Gasteiger partial charge in [-0.1, -0.05) is 0 Å². The molecule has 1 aliphatic heterocycles. The zero-order chi connectivity index (χ0) is 12.4. The molecule has 1 aromatic heterocycles. The molecule has 1 N–H and O–H groups in total. The van der Waals surface area contributed by atoms with Gasteiger partial charge in [-0.15, -0.1) is 5.10 Å². The normalized spacial score (nSPS) is 19.9. The Hall–Kier alpha value is -1.63. The molecule has 1 fully saturated rings. The van der Waals surface area contributed by atoms with Crippen LogP contribution in [0.15, 0.2) is 6.20 Å². The molecule has 0 saturated carbocycles. The fourth-order valence-electron chi connectivity index (χ4n) is 2.26. The van der Waals surface area contributed by atoms with Crippen molar-refractivity contribution in [2.24, 2.45) is 13.0 Å². The van der Waals surface area contributed by atoms with E-state index in [0.29, 0.717) is 11.7 Å². The molecular weight excluding hydrogens is 224 g/mol. The molecule has 2 heterocycles. The van der Waals surface area contributed by atoms with Crippen LogP contribution in [0.4, 0.5) is 11.5 Å². The van der Waals surface area contributed by atoms with Crippen molar-refractivity contribution in [1.29, 1.82) is 0 Å². The van der Waals surface area contributed by atoms with E-state index >= 15 is 0 Å². The van der Waals surface area contributed by atoms with E-state index in [-0.39, 0.29) is 12.3 Å². The molecule has 0 spiro atoms. The fraction of sp³-hybridized carbons (Fsp3) is 0.700. The molecule has 1 aliphatic rings. The molecule has 1 atom stereocenters. The topological polar surface area (TPSA) is 84.4 Å². The zero-order valence-electron chi connectivity index (χ0n) is 9.74. The highest BCUT2D eigenvalue weighted by atomic mass is 16.6. The van der Waals surface area contributed by atoms with Crippen molar-refractivity contribution in [3.63, 3.8) is 0 Å². The SMILES string of the molecule is Cn1cc([N+](=O)[O-])c(N2CCC(CCO)C2)n1. The first-order valence-corrected chi connectivity index (χ1v) is 5.65. The number of hydrogen-bond donors (Lipinski definition) is 1. The molecule has 1 aromatic rings. The minimum absolute atomic E-state index is 0.0529. The first-order valence-electron chi connectivity index (χ1n) is 5.65. The highest BCUT2D eigenvalue weighted by Gasteiger charge is 2.30. The molecule has 0 bridgehead atoms. The van der Waals surface area contributed by atoms with Crippen LogP contribution in [0, 0.1) is 16.0 Å². The Labute approximate surface area is 98.8 Å². The lowest BCUT2D eigenvalue weighted by Gasteiger charge is -2.14. The first-order chi connectivity index (χ1) is 8.11. The molecule has 7 nitrogen and oxygen atoms in total. The predicted octanol–water partition coefficient (Wildman–Crippen LogP) is 0.537. The van der Waals surface area contributed by atoms with Gasteiger partial charge in [0, 0.05) is 26.7 Å². The van der Waals surface area contributed by atoms with Crippen LogP contribution in [0.5, 0.6) is 0 Å². The smallest absolute Gasteiger partial charge is 0.330 e. The van der Waals surface area contributed by atoms with Gasteiger partial charge in [0.15, 0.2) is 0 Å². The molecule has 1 saturated heterocycles. The van der Waals surface area contributed by atoms with Gasteiger partial charge in [0.1, 0.15) is 6.20 Å². The second-order valence-corrected chi connectivity index (χ2v) is 4.38. The van der Waals surface area contributed by atoms with Crippen LogP contribution in [0.3, 0.4) is 0 Å². The van der Waals surface area contributed by atoms with E-state index < -0.39 is 4.92 Å². The minimum atomic E-state index is -0.401. The number of nitrogens with zero attached hydrogens (tertiary/aromatic N) is 4. The summed E-state index contributed by atoms with van der Waals surface area (Å²) >= 11 is 0. The quantitative estimate of drug-likeness (QED) is 0.613. The summed E-state index contributed by atoms with van der Waals surface area (Å²) in [4.78, 5) is 12.4. The van der Waals surface area contributed by atoms with Gasteiger partial charge >= 0.3 is 5.69 Å². The number of aliphatic hydroxyl groups excluding tert-OH is 1. The van der Waals surface area contributed by atoms with Gasteiger partial charge in [-0.05, 0) is 18.8 Å². The summed E-state index contributed by atoms with van der Waals surface area (Å²) in [5.74, 6) is 0.847. The molecule has 2 rings (SSSR count). The van der Waals surface area contributed by atoms with Crippen LogP contribution >= 0.6 is 0 Å². The fourth-order valence-corrected chi connectivity index (χ4v) is 2.26. The van der Waals surface area contributed by atoms with Crippen molar-refractivity contribution < 1.29 is 10.0 Å². The summed E-state index contributed by atoms with van der Waals surface area (Å²) in [6, 6.07) is 0. The van der Waals surface area contributed by atoms with E-state index in [4.69, 9.17) is 5.11 Å². The summed E-state index contributed by atoms with van der Waals surface area (Å²) in [6.07, 6.45) is 3.13. The molecule has 94 valence electrons. The molecule has 0 radical (unpaired) electrons. The van der Waals surface area contributed by atoms with Crippen molar-refractivity contribution >= 4 is 11.5 Å². The third kappa shape index (κ3) is 2.38. The van der Waals surface area contributed by atoms with Gasteiger partial charge < -0.3 is 10.0 Å². The average molecular weight is 240 g/mol. The van der Waals surface area contributed by atoms with Crippen LogP contribution < -0.4 is 4.90 Å². The third-order valence-electron chi connectivity index (χ3n) is 3.11. The Morgan fingerprint density at radius 1 is 1.71 bits per heavy atom. The number of aryl methyl sites for hydroxylation is 1. The van der Waals surface area contributed by atoms with Crippen LogP contribution in [-0.4, -0.2) is 39.5 Å². The van der Waals surface area contributed by atoms with Gasteiger partial charge in [0.05, 0.1) is 4.92 Å². The summed E-state index contributed by atoms with van der Waals surface area (Å²) < 4.78 is 1.47. The van der Waals surface area contributed by atoms with Gasteiger partial charge in [-0.25, -0.2) is 0 Å². The Morgan fingerprint density at radius 2 is 2.47 bits per heavy atom. The molecule has 7 heteroatoms. The van der Waals surface area contributed by atoms with E-state index in [0.717, 1.165) is 25.9 Å². The number of hydrogen-bond acceptors (Lipinski definition) is 5. The van der Waals surface area contributed by atoms with Crippen molar-refractivity contribution in [3.05, 3.63) is 16.3 Å². The predicted molar refractivity (Wildman–Crippen MR) is 61.9 cm³/mol. The highest BCUT2D eigenvalue weighted by molar-refractivity contribution is 5.57. The van der Waals surface area contributed by atoms with Gasteiger partial charge in [0.2, 0.25) is 5.82 Å². The average Bonchev–Trinajstić information content (AvgIpc) is 2.85. The lowest BCUT2D eigenvalue weighted by Crippen LogP contribution is -2.21. The largest absolute Gasteiger partial charge is 0.396 e. The van der Waals surface area contributed by atoms with E-state index in [1.165, 1.54) is 10.9 Å². The molecule has 17 heavy (non-hydrogen) atoms. The van der Waals surface area contributed by atoms with Crippen LogP contribution in [0.25, 0.3) is 0 Å². The molecule has 0 aromatic carbocycles. The maximum atomic E-state index is 10.9. The zero-order valence-corrected chi connectivity index (χ0v) is 9.74. The number of aromatic nitrogens is 2. The Balaban J connectivity index is 2.15. The van der Waals surface area contributed by atoms with Crippen molar-refractivity contribution in [1.82, 2.24) is 9.78 Å². The van der Waals surface area contributed by atoms with Gasteiger partial charge in [-0.2, -0.15) is 0 Å². The number of rotatable bonds is 4. The van der Waals surface area contributed by atoms with Crippen LogP contribution in [0.2, 0.25) is 0 Å². The standard InChI is InChI=1S/C10H16N4O3/c1-12-7-9(14(16)17)10(11-12)13-4-2-8(6-13)3-5-15/h7-8,15H,2-6H2,1H3. The Kier molecular flexibility index (Phi) is 3.28. The van der Waals surface area contributed by atoms with Crippen LogP contribution in [-0.2, 0) is 7.05 Å². The maximum absolute atomic E-state index is 10.9. The second kappa shape index (κ2) is 4.70. The van der Waals surface area contributed by atoms with E-state index in [1.54, 1.807) is 7.05 Å². The molecule has 0 aliphatic carbocycles. The third-order valence-corrected chi connectivity index (χ3v) is 3.11. The number of anilines is 1. The molecule has 1 unspecified atom stereocenters. The summed E-state index contributed by atoms with van der Waals surface area (Å²) in [5, 5.41) is 23.9. The van der Waals surface area contributed by atoms with Gasteiger partial charge in [-0.3, -0.25) is 14.8 Å².